The van der Waals surface area contributed by atoms with E-state index in [9.17, 15) is 9.50 Å². The summed E-state index contributed by atoms with van der Waals surface area (Å²) in [5.74, 6) is 1.63. The van der Waals surface area contributed by atoms with E-state index in [0.29, 0.717) is 42.0 Å². The summed E-state index contributed by atoms with van der Waals surface area (Å²) >= 11 is 0. The predicted octanol–water partition coefficient (Wildman–Crippen LogP) is 8.24. The zero-order chi connectivity index (χ0) is 31.6. The Morgan fingerprint density at radius 2 is 1.57 bits per heavy atom. The van der Waals surface area contributed by atoms with Crippen molar-refractivity contribution in [3.63, 3.8) is 0 Å². The van der Waals surface area contributed by atoms with Crippen molar-refractivity contribution in [3.8, 4) is 23.1 Å². The van der Waals surface area contributed by atoms with E-state index in [4.69, 9.17) is 23.6 Å². The molecule has 0 aliphatic carbocycles. The molecule has 0 spiro atoms. The number of pyridine rings is 1. The van der Waals surface area contributed by atoms with Gasteiger partial charge in [0.05, 0.1) is 26.2 Å². The van der Waals surface area contributed by atoms with Gasteiger partial charge in [-0.05, 0) is 71.6 Å². The highest BCUT2D eigenvalue weighted by Gasteiger charge is 2.37. The molecule has 2 heterocycles. The summed E-state index contributed by atoms with van der Waals surface area (Å²) in [5.41, 5.74) is 3.43. The lowest BCUT2D eigenvalue weighted by atomic mass is 10.0. The maximum Gasteiger partial charge on any atom is 0.203 e. The molecule has 0 bridgehead atoms. The van der Waals surface area contributed by atoms with Gasteiger partial charge >= 0.3 is 0 Å². The van der Waals surface area contributed by atoms with Gasteiger partial charge in [0.15, 0.2) is 14.1 Å². The SMILES string of the molecule is COc1ccc(COc2c3ncc(Cc4ccc(F)cc4)cc3c(OC)c3cn(CCO[Si](C)(C)C(C)(C)C)c(O)c23)cc1. The molecule has 5 rings (SSSR count). The van der Waals surface area contributed by atoms with E-state index in [2.05, 4.69) is 33.9 Å². The lowest BCUT2D eigenvalue weighted by molar-refractivity contribution is 0.264. The Labute approximate surface area is 259 Å². The van der Waals surface area contributed by atoms with Crippen molar-refractivity contribution < 1.29 is 28.1 Å². The highest BCUT2D eigenvalue weighted by atomic mass is 28.4. The summed E-state index contributed by atoms with van der Waals surface area (Å²) in [7, 11) is 1.28. The van der Waals surface area contributed by atoms with E-state index in [1.165, 1.54) is 12.1 Å². The molecule has 0 radical (unpaired) electrons. The Hall–Kier alpha value is -4.08. The van der Waals surface area contributed by atoms with Crippen LogP contribution >= 0.6 is 0 Å². The minimum atomic E-state index is -1.97. The minimum Gasteiger partial charge on any atom is -0.497 e. The third-order valence-corrected chi connectivity index (χ3v) is 13.1. The van der Waals surface area contributed by atoms with E-state index >= 15 is 0 Å². The molecule has 5 aromatic rings. The lowest BCUT2D eigenvalue weighted by Gasteiger charge is -2.36. The molecule has 0 amide bonds. The molecule has 0 saturated heterocycles. The fraction of sp³-hybridized carbons (Fsp3) is 0.343. The van der Waals surface area contributed by atoms with Crippen molar-refractivity contribution in [2.75, 3.05) is 20.8 Å². The Morgan fingerprint density at radius 3 is 2.20 bits per heavy atom. The number of nitrogens with zero attached hydrogens (tertiary/aromatic N) is 2. The molecule has 3 aromatic carbocycles. The fourth-order valence-corrected chi connectivity index (χ4v) is 6.06. The fourth-order valence-electron chi connectivity index (χ4n) is 5.03. The number of benzene rings is 3. The summed E-state index contributed by atoms with van der Waals surface area (Å²) < 4.78 is 39.4. The van der Waals surface area contributed by atoms with Crippen LogP contribution in [0.25, 0.3) is 21.7 Å². The zero-order valence-electron chi connectivity index (χ0n) is 26.5. The number of fused-ring (bicyclic) bond motifs is 2. The van der Waals surface area contributed by atoms with Gasteiger partial charge < -0.3 is 28.3 Å². The van der Waals surface area contributed by atoms with E-state index in [0.717, 1.165) is 33.2 Å². The highest BCUT2D eigenvalue weighted by molar-refractivity contribution is 6.74. The number of rotatable bonds is 11. The molecule has 7 nitrogen and oxygen atoms in total. The Morgan fingerprint density at radius 1 is 0.886 bits per heavy atom. The van der Waals surface area contributed by atoms with Crippen molar-refractivity contribution in [1.29, 1.82) is 0 Å². The van der Waals surface area contributed by atoms with Crippen LogP contribution in [0, 0.1) is 5.82 Å². The standard InChI is InChI=1S/C35H41FN2O5Si/c1-35(2,3)44(6,7)43-17-16-38-21-29-30(34(38)39)33(42-22-24-10-14-27(40-4)15-11-24)31-28(32(29)41-5)19-25(20-37-31)18-23-8-12-26(36)13-9-23/h8-15,19-21,39H,16-18,22H2,1-7H3. The lowest BCUT2D eigenvalue weighted by Crippen LogP contribution is -2.41. The molecule has 0 aliphatic rings. The number of halogens is 1. The molecule has 44 heavy (non-hydrogen) atoms. The summed E-state index contributed by atoms with van der Waals surface area (Å²) in [4.78, 5) is 4.83. The molecule has 9 heteroatoms. The maximum atomic E-state index is 13.5. The largest absolute Gasteiger partial charge is 0.497 e. The van der Waals surface area contributed by atoms with Crippen LogP contribution in [0.1, 0.15) is 37.5 Å². The molecule has 1 N–H and O–H groups in total. The number of hydrogen-bond donors (Lipinski definition) is 1. The molecule has 0 fully saturated rings. The average molecular weight is 617 g/mol. The van der Waals surface area contributed by atoms with Gasteiger partial charge in [0.25, 0.3) is 0 Å². The van der Waals surface area contributed by atoms with Gasteiger partial charge in [-0.3, -0.25) is 4.98 Å². The van der Waals surface area contributed by atoms with Crippen molar-refractivity contribution in [3.05, 3.63) is 89.5 Å². The van der Waals surface area contributed by atoms with Crippen LogP contribution in [0.3, 0.4) is 0 Å². The van der Waals surface area contributed by atoms with Crippen molar-refractivity contribution in [2.45, 2.75) is 58.5 Å². The quantitative estimate of drug-likeness (QED) is 0.151. The van der Waals surface area contributed by atoms with Gasteiger partial charge in [0, 0.05) is 29.7 Å². The third kappa shape index (κ3) is 6.39. The summed E-state index contributed by atoms with van der Waals surface area (Å²) in [6.07, 6.45) is 4.26. The molecule has 2 aromatic heterocycles. The predicted molar refractivity (Wildman–Crippen MR) is 175 cm³/mol. The first kappa shape index (κ1) is 31.3. The molecule has 0 aliphatic heterocycles. The smallest absolute Gasteiger partial charge is 0.203 e. The molecular weight excluding hydrogens is 575 g/mol. The van der Waals surface area contributed by atoms with E-state index in [-0.39, 0.29) is 23.3 Å². The number of ether oxygens (including phenoxy) is 3. The minimum absolute atomic E-state index is 0.0703. The van der Waals surface area contributed by atoms with Crippen LogP contribution in [-0.2, 0) is 24.0 Å². The van der Waals surface area contributed by atoms with Crippen molar-refractivity contribution in [1.82, 2.24) is 9.55 Å². The van der Waals surface area contributed by atoms with Crippen LogP contribution in [0.4, 0.5) is 4.39 Å². The monoisotopic (exact) mass is 616 g/mol. The van der Waals surface area contributed by atoms with Crippen LogP contribution < -0.4 is 14.2 Å². The number of hydrogen-bond acceptors (Lipinski definition) is 6. The molecule has 0 atom stereocenters. The summed E-state index contributed by atoms with van der Waals surface area (Å²) in [6, 6.07) is 16.1. The van der Waals surface area contributed by atoms with E-state index < -0.39 is 8.32 Å². The Bertz CT molecular complexity index is 1760. The zero-order valence-corrected chi connectivity index (χ0v) is 27.5. The van der Waals surface area contributed by atoms with Crippen LogP contribution in [-0.4, -0.2) is 43.8 Å². The van der Waals surface area contributed by atoms with Crippen LogP contribution in [0.5, 0.6) is 23.1 Å². The Kier molecular flexibility index (Phi) is 8.90. The summed E-state index contributed by atoms with van der Waals surface area (Å²) in [5, 5.41) is 13.7. The van der Waals surface area contributed by atoms with Gasteiger partial charge in [-0.25, -0.2) is 4.39 Å². The maximum absolute atomic E-state index is 13.5. The topological polar surface area (TPSA) is 75.0 Å². The van der Waals surface area contributed by atoms with Crippen molar-refractivity contribution >= 4 is 30.0 Å². The number of aromatic nitrogens is 2. The van der Waals surface area contributed by atoms with Gasteiger partial charge in [-0.2, -0.15) is 0 Å². The third-order valence-electron chi connectivity index (χ3n) is 8.59. The first-order valence-corrected chi connectivity index (χ1v) is 17.7. The van der Waals surface area contributed by atoms with E-state index in [1.807, 2.05) is 36.5 Å². The highest BCUT2D eigenvalue weighted by Crippen LogP contribution is 2.47. The molecule has 0 saturated carbocycles. The normalized spacial score (nSPS) is 12.2. The van der Waals surface area contributed by atoms with Gasteiger partial charge in [0.1, 0.15) is 29.4 Å². The summed E-state index contributed by atoms with van der Waals surface area (Å²) in [6.45, 7) is 12.3. The molecular formula is C35H41FN2O5Si. The van der Waals surface area contributed by atoms with E-state index in [1.54, 1.807) is 37.1 Å². The molecule has 232 valence electrons. The van der Waals surface area contributed by atoms with Gasteiger partial charge in [-0.15, -0.1) is 0 Å². The van der Waals surface area contributed by atoms with Gasteiger partial charge in [0.2, 0.25) is 5.88 Å². The second-order valence-corrected chi connectivity index (χ2v) is 17.4. The molecule has 0 unspecified atom stereocenters. The Balaban J connectivity index is 1.58. The number of aromatic hydroxyl groups is 1. The average Bonchev–Trinajstić information content (AvgIpc) is 3.31. The van der Waals surface area contributed by atoms with Crippen LogP contribution in [0.2, 0.25) is 18.1 Å². The second kappa shape index (κ2) is 12.5. The second-order valence-electron chi connectivity index (χ2n) is 12.6. The first-order valence-electron chi connectivity index (χ1n) is 14.8. The van der Waals surface area contributed by atoms with Gasteiger partial charge in [-0.1, -0.05) is 45.0 Å². The number of methoxy groups -OCH3 is 2. The van der Waals surface area contributed by atoms with Crippen molar-refractivity contribution in [2.24, 2.45) is 0 Å². The van der Waals surface area contributed by atoms with Crippen LogP contribution in [0.15, 0.2) is 67.0 Å². The first-order chi connectivity index (χ1) is 20.9.